The maximum atomic E-state index is 12.3. The zero-order chi connectivity index (χ0) is 21.9. The summed E-state index contributed by atoms with van der Waals surface area (Å²) in [5, 5.41) is 0. The molecule has 0 atom stereocenters. The molecule has 1 aliphatic rings. The highest BCUT2D eigenvalue weighted by Gasteiger charge is 2.18. The van der Waals surface area contributed by atoms with Crippen molar-refractivity contribution in [2.75, 3.05) is 0 Å². The number of unbranched alkanes of at least 4 members (excludes halogenated alkanes) is 2. The molecule has 0 saturated heterocycles. The molecule has 2 aromatic carbocycles. The van der Waals surface area contributed by atoms with E-state index >= 15 is 0 Å². The van der Waals surface area contributed by atoms with Crippen molar-refractivity contribution in [3.8, 4) is 5.75 Å². The van der Waals surface area contributed by atoms with Gasteiger partial charge in [0, 0.05) is 4.47 Å². The predicted octanol–water partition coefficient (Wildman–Crippen LogP) is 8.54. The average Bonchev–Trinajstić information content (AvgIpc) is 2.80. The van der Waals surface area contributed by atoms with Crippen LogP contribution in [0, 0.1) is 11.8 Å². The summed E-state index contributed by atoms with van der Waals surface area (Å²) in [7, 11) is 0. The maximum absolute atomic E-state index is 12.3. The number of halogens is 1. The number of benzene rings is 2. The average molecular weight is 483 g/mol. The second-order valence-corrected chi connectivity index (χ2v) is 9.70. The SMILES string of the molecule is CCCCCC1CCC(/C=C/CCc2ccc(C(=O)Oc3ccc(Br)cc3)cc2)CC1. The molecule has 166 valence electrons. The minimum absolute atomic E-state index is 0.320. The highest BCUT2D eigenvalue weighted by molar-refractivity contribution is 9.10. The third kappa shape index (κ3) is 8.29. The van der Waals surface area contributed by atoms with Crippen LogP contribution in [-0.2, 0) is 6.42 Å². The van der Waals surface area contributed by atoms with Gasteiger partial charge in [0.2, 0.25) is 0 Å². The highest BCUT2D eigenvalue weighted by atomic mass is 79.9. The van der Waals surface area contributed by atoms with Gasteiger partial charge in [0.1, 0.15) is 5.75 Å². The largest absolute Gasteiger partial charge is 0.423 e. The lowest BCUT2D eigenvalue weighted by molar-refractivity contribution is 0.0734. The first kappa shape index (κ1) is 23.8. The van der Waals surface area contributed by atoms with Crippen molar-refractivity contribution < 1.29 is 9.53 Å². The first-order chi connectivity index (χ1) is 15.1. The van der Waals surface area contributed by atoms with E-state index in [9.17, 15) is 4.79 Å². The van der Waals surface area contributed by atoms with Gasteiger partial charge < -0.3 is 4.74 Å². The predicted molar refractivity (Wildman–Crippen MR) is 133 cm³/mol. The third-order valence-corrected chi connectivity index (χ3v) is 6.86. The van der Waals surface area contributed by atoms with Crippen molar-refractivity contribution in [3.05, 3.63) is 76.3 Å². The Hall–Kier alpha value is -1.87. The van der Waals surface area contributed by atoms with Crippen molar-refractivity contribution in [3.63, 3.8) is 0 Å². The van der Waals surface area contributed by atoms with Gasteiger partial charge >= 0.3 is 5.97 Å². The molecule has 2 nitrogen and oxygen atoms in total. The van der Waals surface area contributed by atoms with Crippen molar-refractivity contribution >= 4 is 21.9 Å². The van der Waals surface area contributed by atoms with Crippen LogP contribution in [0.1, 0.15) is 80.6 Å². The summed E-state index contributed by atoms with van der Waals surface area (Å²) in [5.41, 5.74) is 1.84. The summed E-state index contributed by atoms with van der Waals surface area (Å²) >= 11 is 3.38. The lowest BCUT2D eigenvalue weighted by Crippen LogP contribution is -2.13. The van der Waals surface area contributed by atoms with Crippen LogP contribution < -0.4 is 4.74 Å². The van der Waals surface area contributed by atoms with Gasteiger partial charge in [-0.25, -0.2) is 4.79 Å². The van der Waals surface area contributed by atoms with Crippen LogP contribution in [0.25, 0.3) is 0 Å². The molecule has 0 aliphatic heterocycles. The lowest BCUT2D eigenvalue weighted by atomic mass is 9.79. The van der Waals surface area contributed by atoms with Crippen LogP contribution >= 0.6 is 15.9 Å². The first-order valence-electron chi connectivity index (χ1n) is 11.9. The first-order valence-corrected chi connectivity index (χ1v) is 12.7. The maximum Gasteiger partial charge on any atom is 0.343 e. The van der Waals surface area contributed by atoms with Crippen LogP contribution in [0.15, 0.2) is 65.2 Å². The van der Waals surface area contributed by atoms with E-state index in [1.807, 2.05) is 36.4 Å². The van der Waals surface area contributed by atoms with E-state index in [0.29, 0.717) is 11.3 Å². The van der Waals surface area contributed by atoms with Crippen molar-refractivity contribution in [1.29, 1.82) is 0 Å². The standard InChI is InChI=1S/C28H35BrO2/c1-2-3-4-7-22-10-12-23(13-11-22)8-5-6-9-24-14-16-25(17-15-24)28(30)31-27-20-18-26(29)19-21-27/h5,8,14-23H,2-4,6-7,9-13H2,1H3/b8-5+. The molecule has 31 heavy (non-hydrogen) atoms. The number of carbonyl (C=O) groups is 1. The number of ether oxygens (including phenoxy) is 1. The van der Waals surface area contributed by atoms with E-state index in [1.54, 1.807) is 12.1 Å². The van der Waals surface area contributed by atoms with Gasteiger partial charge in [-0.2, -0.15) is 0 Å². The summed E-state index contributed by atoms with van der Waals surface area (Å²) in [5.74, 6) is 1.99. The quantitative estimate of drug-likeness (QED) is 0.146. The van der Waals surface area contributed by atoms with Crippen molar-refractivity contribution in [2.45, 2.75) is 71.1 Å². The van der Waals surface area contributed by atoms with E-state index in [1.165, 1.54) is 56.9 Å². The summed E-state index contributed by atoms with van der Waals surface area (Å²) in [6, 6.07) is 15.1. The Balaban J connectivity index is 1.36. The Kier molecular flexibility index (Phi) is 9.86. The van der Waals surface area contributed by atoms with Crippen LogP contribution in [0.2, 0.25) is 0 Å². The van der Waals surface area contributed by atoms with Gasteiger partial charge in [-0.05, 0) is 92.3 Å². The van der Waals surface area contributed by atoms with E-state index in [-0.39, 0.29) is 5.97 Å². The Morgan fingerprint density at radius 3 is 2.39 bits per heavy atom. The fourth-order valence-electron chi connectivity index (χ4n) is 4.37. The van der Waals surface area contributed by atoms with Gasteiger partial charge in [0.25, 0.3) is 0 Å². The number of hydrogen-bond donors (Lipinski definition) is 0. The van der Waals surface area contributed by atoms with Crippen LogP contribution in [-0.4, -0.2) is 5.97 Å². The third-order valence-electron chi connectivity index (χ3n) is 6.33. The Labute approximate surface area is 196 Å². The monoisotopic (exact) mass is 482 g/mol. The van der Waals surface area contributed by atoms with Gasteiger partial charge in [-0.15, -0.1) is 0 Å². The van der Waals surface area contributed by atoms with Crippen molar-refractivity contribution in [1.82, 2.24) is 0 Å². The molecule has 0 spiro atoms. The molecule has 1 fully saturated rings. The zero-order valence-corrected chi connectivity index (χ0v) is 20.3. The lowest BCUT2D eigenvalue weighted by Gasteiger charge is -2.26. The second-order valence-electron chi connectivity index (χ2n) is 8.78. The van der Waals surface area contributed by atoms with Gasteiger partial charge in [-0.1, -0.05) is 72.8 Å². The fourth-order valence-corrected chi connectivity index (χ4v) is 4.63. The number of rotatable bonds is 10. The van der Waals surface area contributed by atoms with Crippen LogP contribution in [0.5, 0.6) is 5.75 Å². The van der Waals surface area contributed by atoms with Crippen LogP contribution in [0.3, 0.4) is 0 Å². The number of allylic oxidation sites excluding steroid dienone is 2. The molecule has 3 heteroatoms. The molecule has 0 N–H and O–H groups in total. The minimum atomic E-state index is -0.320. The fraction of sp³-hybridized carbons (Fsp3) is 0.464. The smallest absolute Gasteiger partial charge is 0.343 e. The second kappa shape index (κ2) is 12.9. The summed E-state index contributed by atoms with van der Waals surface area (Å²) in [4.78, 5) is 12.3. The number of hydrogen-bond acceptors (Lipinski definition) is 2. The molecular formula is C28H35BrO2. The molecule has 0 unspecified atom stereocenters. The molecule has 0 heterocycles. The molecule has 2 aromatic rings. The summed E-state index contributed by atoms with van der Waals surface area (Å²) in [6.07, 6.45) is 18.0. The van der Waals surface area contributed by atoms with Crippen molar-refractivity contribution in [2.24, 2.45) is 11.8 Å². The number of carbonyl (C=O) groups excluding carboxylic acids is 1. The normalized spacial score (nSPS) is 18.9. The van der Waals surface area contributed by atoms with Gasteiger partial charge in [0.15, 0.2) is 0 Å². The van der Waals surface area contributed by atoms with E-state index < -0.39 is 0 Å². The molecule has 0 aromatic heterocycles. The summed E-state index contributed by atoms with van der Waals surface area (Å²) in [6.45, 7) is 2.29. The Morgan fingerprint density at radius 1 is 1.00 bits per heavy atom. The van der Waals surface area contributed by atoms with E-state index in [0.717, 1.165) is 29.2 Å². The van der Waals surface area contributed by atoms with Gasteiger partial charge in [-0.3, -0.25) is 0 Å². The molecule has 1 saturated carbocycles. The van der Waals surface area contributed by atoms with Gasteiger partial charge in [0.05, 0.1) is 5.56 Å². The molecule has 0 bridgehead atoms. The molecule has 0 amide bonds. The number of aryl methyl sites for hydroxylation is 1. The van der Waals surface area contributed by atoms with E-state index in [2.05, 4.69) is 35.0 Å². The molecule has 1 aliphatic carbocycles. The Bertz CT molecular complexity index is 815. The van der Waals surface area contributed by atoms with Crippen LogP contribution in [0.4, 0.5) is 0 Å². The zero-order valence-electron chi connectivity index (χ0n) is 18.7. The van der Waals surface area contributed by atoms with E-state index in [4.69, 9.17) is 4.74 Å². The highest BCUT2D eigenvalue weighted by Crippen LogP contribution is 2.32. The Morgan fingerprint density at radius 2 is 1.71 bits per heavy atom. The minimum Gasteiger partial charge on any atom is -0.423 e. The summed E-state index contributed by atoms with van der Waals surface area (Å²) < 4.78 is 6.38. The molecular weight excluding hydrogens is 448 g/mol. The molecule has 0 radical (unpaired) electrons. The number of esters is 1. The molecule has 3 rings (SSSR count). The topological polar surface area (TPSA) is 26.3 Å².